The van der Waals surface area contributed by atoms with E-state index in [1.165, 1.54) is 12.1 Å². The van der Waals surface area contributed by atoms with Crippen LogP contribution in [0.1, 0.15) is 29.8 Å². The van der Waals surface area contributed by atoms with E-state index in [-0.39, 0.29) is 11.6 Å². The summed E-state index contributed by atoms with van der Waals surface area (Å²) in [6.07, 6.45) is 1.50. The Bertz CT molecular complexity index is 387. The van der Waals surface area contributed by atoms with Crippen LogP contribution >= 0.6 is 0 Å². The number of carbonyl (C=O) groups is 1. The van der Waals surface area contributed by atoms with Crippen molar-refractivity contribution >= 4 is 5.78 Å². The molecule has 0 aliphatic rings. The van der Waals surface area contributed by atoms with Crippen molar-refractivity contribution in [3.8, 4) is 0 Å². The van der Waals surface area contributed by atoms with E-state index in [4.69, 9.17) is 0 Å². The van der Waals surface area contributed by atoms with Crippen LogP contribution in [0.5, 0.6) is 0 Å². The van der Waals surface area contributed by atoms with Gasteiger partial charge in [0.1, 0.15) is 5.82 Å². The Morgan fingerprint density at radius 2 is 2.00 bits per heavy atom. The minimum Gasteiger partial charge on any atom is -0.289 e. The van der Waals surface area contributed by atoms with Gasteiger partial charge in [-0.2, -0.15) is 0 Å². The van der Waals surface area contributed by atoms with Crippen LogP contribution < -0.4 is 0 Å². The van der Waals surface area contributed by atoms with Crippen molar-refractivity contribution in [1.82, 2.24) is 0 Å². The molecule has 0 saturated carbocycles. The highest BCUT2D eigenvalue weighted by molar-refractivity contribution is 6.04. The summed E-state index contributed by atoms with van der Waals surface area (Å²) in [5.41, 5.74) is 1.86. The van der Waals surface area contributed by atoms with Crippen molar-refractivity contribution in [3.05, 3.63) is 46.8 Å². The summed E-state index contributed by atoms with van der Waals surface area (Å²) in [5.74, 6) is -0.484. The van der Waals surface area contributed by atoms with Gasteiger partial charge >= 0.3 is 0 Å². The van der Waals surface area contributed by atoms with Gasteiger partial charge < -0.3 is 0 Å². The molecule has 0 fully saturated rings. The molecule has 0 atom stereocenters. The molecule has 0 N–H and O–H groups in total. The average Bonchev–Trinajstić information content (AvgIpc) is 2.08. The van der Waals surface area contributed by atoms with Crippen LogP contribution in [0.4, 0.5) is 4.39 Å². The maximum Gasteiger partial charge on any atom is 0.185 e. The number of benzene rings is 1. The average molecular weight is 192 g/mol. The predicted molar refractivity (Wildman–Crippen MR) is 54.9 cm³/mol. The molecule has 0 spiro atoms. The van der Waals surface area contributed by atoms with E-state index in [9.17, 15) is 9.18 Å². The molecule has 0 amide bonds. The van der Waals surface area contributed by atoms with Gasteiger partial charge in [0, 0.05) is 5.56 Å². The van der Waals surface area contributed by atoms with Crippen LogP contribution in [0.3, 0.4) is 0 Å². The molecule has 1 rings (SSSR count). The molecule has 0 aromatic heterocycles. The van der Waals surface area contributed by atoms with Crippen LogP contribution in [0, 0.1) is 12.7 Å². The Balaban J connectivity index is 3.03. The van der Waals surface area contributed by atoms with Gasteiger partial charge in [-0.15, -0.1) is 0 Å². The Morgan fingerprint density at radius 1 is 1.36 bits per heavy atom. The van der Waals surface area contributed by atoms with Gasteiger partial charge in [0.15, 0.2) is 5.78 Å². The van der Waals surface area contributed by atoms with Gasteiger partial charge in [-0.25, -0.2) is 4.39 Å². The zero-order valence-corrected chi connectivity index (χ0v) is 8.60. The lowest BCUT2D eigenvalue weighted by Crippen LogP contribution is -1.96. The summed E-state index contributed by atoms with van der Waals surface area (Å²) in [6, 6.07) is 4.53. The number of hydrogen-bond donors (Lipinski definition) is 0. The number of ketones is 1. The van der Waals surface area contributed by atoms with E-state index in [2.05, 4.69) is 0 Å². The molecule has 2 heteroatoms. The molecule has 1 nitrogen and oxygen atoms in total. The Labute approximate surface area is 83.3 Å². The number of rotatable bonds is 2. The summed E-state index contributed by atoms with van der Waals surface area (Å²) in [4.78, 5) is 11.5. The van der Waals surface area contributed by atoms with Gasteiger partial charge in [0.25, 0.3) is 0 Å². The largest absolute Gasteiger partial charge is 0.289 e. The second-order valence-corrected chi connectivity index (χ2v) is 3.55. The minimum absolute atomic E-state index is 0.149. The number of allylic oxidation sites excluding steroid dienone is 2. The molecule has 1 aromatic carbocycles. The van der Waals surface area contributed by atoms with Crippen LogP contribution in [0.25, 0.3) is 0 Å². The van der Waals surface area contributed by atoms with Crippen LogP contribution in [0.15, 0.2) is 29.8 Å². The van der Waals surface area contributed by atoms with E-state index >= 15 is 0 Å². The lowest BCUT2D eigenvalue weighted by Gasteiger charge is -1.99. The van der Waals surface area contributed by atoms with Crippen molar-refractivity contribution < 1.29 is 9.18 Å². The zero-order chi connectivity index (χ0) is 10.7. The maximum atomic E-state index is 13.1. The monoisotopic (exact) mass is 192 g/mol. The Hall–Kier alpha value is -1.44. The van der Waals surface area contributed by atoms with E-state index in [1.807, 2.05) is 13.8 Å². The Morgan fingerprint density at radius 3 is 2.50 bits per heavy atom. The number of carbonyl (C=O) groups excluding carboxylic acids is 1. The van der Waals surface area contributed by atoms with Crippen molar-refractivity contribution in [3.63, 3.8) is 0 Å². The second-order valence-electron chi connectivity index (χ2n) is 3.55. The fourth-order valence-corrected chi connectivity index (χ4v) is 1.09. The quantitative estimate of drug-likeness (QED) is 0.519. The summed E-state index contributed by atoms with van der Waals surface area (Å²) in [6.45, 7) is 5.34. The van der Waals surface area contributed by atoms with Crippen molar-refractivity contribution in [1.29, 1.82) is 0 Å². The van der Waals surface area contributed by atoms with E-state index < -0.39 is 0 Å². The highest BCUT2D eigenvalue weighted by Crippen LogP contribution is 2.10. The molecule has 0 bridgehead atoms. The fourth-order valence-electron chi connectivity index (χ4n) is 1.09. The molecule has 0 radical (unpaired) electrons. The first-order valence-electron chi connectivity index (χ1n) is 4.46. The lowest BCUT2D eigenvalue weighted by atomic mass is 10.1. The van der Waals surface area contributed by atoms with Gasteiger partial charge in [-0.05, 0) is 38.5 Å². The smallest absolute Gasteiger partial charge is 0.185 e. The topological polar surface area (TPSA) is 17.1 Å². The molecule has 0 heterocycles. The molecule has 0 unspecified atom stereocenters. The van der Waals surface area contributed by atoms with Crippen molar-refractivity contribution in [2.45, 2.75) is 20.8 Å². The van der Waals surface area contributed by atoms with Crippen LogP contribution in [-0.4, -0.2) is 5.78 Å². The number of hydrogen-bond acceptors (Lipinski definition) is 1. The van der Waals surface area contributed by atoms with Gasteiger partial charge in [-0.1, -0.05) is 17.7 Å². The molecule has 14 heavy (non-hydrogen) atoms. The molecule has 0 aliphatic heterocycles. The van der Waals surface area contributed by atoms with Gasteiger partial charge in [0.2, 0.25) is 0 Å². The highest BCUT2D eigenvalue weighted by Gasteiger charge is 2.05. The fraction of sp³-hybridized carbons (Fsp3) is 0.250. The van der Waals surface area contributed by atoms with Crippen LogP contribution in [-0.2, 0) is 0 Å². The van der Waals surface area contributed by atoms with Crippen molar-refractivity contribution in [2.75, 3.05) is 0 Å². The molecule has 74 valence electrons. The summed E-state index contributed by atoms with van der Waals surface area (Å²) < 4.78 is 13.1. The summed E-state index contributed by atoms with van der Waals surface area (Å²) in [5, 5.41) is 0. The van der Waals surface area contributed by atoms with E-state index in [1.54, 1.807) is 19.1 Å². The third-order valence-electron chi connectivity index (χ3n) is 1.88. The maximum absolute atomic E-state index is 13.1. The lowest BCUT2D eigenvalue weighted by molar-refractivity contribution is 0.104. The van der Waals surface area contributed by atoms with Crippen LogP contribution in [0.2, 0.25) is 0 Å². The van der Waals surface area contributed by atoms with E-state index in [0.717, 1.165) is 5.57 Å². The molecular formula is C12H13FO. The van der Waals surface area contributed by atoms with Gasteiger partial charge in [0.05, 0.1) is 0 Å². The predicted octanol–water partition coefficient (Wildman–Crippen LogP) is 3.28. The molecular weight excluding hydrogens is 179 g/mol. The number of aryl methyl sites for hydroxylation is 1. The van der Waals surface area contributed by atoms with E-state index in [0.29, 0.717) is 11.1 Å². The SMILES string of the molecule is CC(C)=CC(=O)c1ccc(C)c(F)c1. The second kappa shape index (κ2) is 4.18. The third kappa shape index (κ3) is 2.52. The zero-order valence-electron chi connectivity index (χ0n) is 8.60. The summed E-state index contributed by atoms with van der Waals surface area (Å²) in [7, 11) is 0. The molecule has 0 aliphatic carbocycles. The van der Waals surface area contributed by atoms with Gasteiger partial charge in [-0.3, -0.25) is 4.79 Å². The normalized spacial score (nSPS) is 9.71. The summed E-state index contributed by atoms with van der Waals surface area (Å²) >= 11 is 0. The molecule has 1 aromatic rings. The van der Waals surface area contributed by atoms with Crippen molar-refractivity contribution in [2.24, 2.45) is 0 Å². The third-order valence-corrected chi connectivity index (χ3v) is 1.88. The first kappa shape index (κ1) is 10.6. The first-order valence-corrected chi connectivity index (χ1v) is 4.46. The minimum atomic E-state index is -0.335. The Kier molecular flexibility index (Phi) is 3.18. The number of halogens is 1. The standard InChI is InChI=1S/C12H13FO/c1-8(2)6-12(14)10-5-4-9(3)11(13)7-10/h4-7H,1-3H3. The highest BCUT2D eigenvalue weighted by atomic mass is 19.1. The molecule has 0 saturated heterocycles. The first-order chi connectivity index (χ1) is 6.50.